The second kappa shape index (κ2) is 7.09. The molecule has 1 fully saturated rings. The fourth-order valence-corrected chi connectivity index (χ4v) is 3.46. The van der Waals surface area contributed by atoms with Crippen LogP contribution in [0.5, 0.6) is 5.75 Å². The predicted molar refractivity (Wildman–Crippen MR) is 107 cm³/mol. The van der Waals surface area contributed by atoms with Gasteiger partial charge in [0.25, 0.3) is 0 Å². The lowest BCUT2D eigenvalue weighted by Gasteiger charge is -2.19. The van der Waals surface area contributed by atoms with E-state index >= 15 is 0 Å². The van der Waals surface area contributed by atoms with Gasteiger partial charge >= 0.3 is 6.03 Å². The molecular weight excluding hydrogens is 356 g/mol. The van der Waals surface area contributed by atoms with Gasteiger partial charge in [0.2, 0.25) is 0 Å². The van der Waals surface area contributed by atoms with Crippen LogP contribution in [0.3, 0.4) is 0 Å². The summed E-state index contributed by atoms with van der Waals surface area (Å²) in [6.07, 6.45) is 2.10. The van der Waals surface area contributed by atoms with Crippen LogP contribution in [0.1, 0.15) is 13.3 Å². The molecule has 1 atom stereocenters. The molecule has 4 rings (SSSR count). The Labute approximate surface area is 163 Å². The Balaban J connectivity index is 1.68. The van der Waals surface area contributed by atoms with Crippen molar-refractivity contribution in [1.29, 1.82) is 0 Å². The van der Waals surface area contributed by atoms with Gasteiger partial charge in [0.15, 0.2) is 5.82 Å². The van der Waals surface area contributed by atoms with Crippen molar-refractivity contribution in [3.05, 3.63) is 48.7 Å². The van der Waals surface area contributed by atoms with Gasteiger partial charge in [-0.25, -0.2) is 14.8 Å². The van der Waals surface area contributed by atoms with Crippen LogP contribution in [0.25, 0.3) is 22.2 Å². The number of amides is 2. The summed E-state index contributed by atoms with van der Waals surface area (Å²) in [5, 5.41) is 12.8. The summed E-state index contributed by atoms with van der Waals surface area (Å²) in [5.41, 5.74) is 2.40. The number of carbonyl (C=O) groups excluding carboxylic acids is 1. The van der Waals surface area contributed by atoms with Crippen LogP contribution in [0.4, 0.5) is 10.6 Å². The molecule has 0 spiro atoms. The minimum absolute atomic E-state index is 0.293. The molecule has 2 aromatic carbocycles. The molecule has 0 saturated carbocycles. The number of ether oxygens (including phenoxy) is 1. The Morgan fingerprint density at radius 3 is 2.68 bits per heavy atom. The van der Waals surface area contributed by atoms with Crippen LogP contribution in [0, 0.1) is 0 Å². The molecule has 1 unspecified atom stereocenters. The Kier molecular flexibility index (Phi) is 4.60. The maximum absolute atomic E-state index is 12.5. The summed E-state index contributed by atoms with van der Waals surface area (Å²) in [4.78, 5) is 23.2. The average molecular weight is 378 g/mol. The Morgan fingerprint density at radius 1 is 1.21 bits per heavy atom. The number of fused-ring (bicyclic) bond motifs is 1. The van der Waals surface area contributed by atoms with Crippen LogP contribution in [-0.4, -0.2) is 51.8 Å². The van der Waals surface area contributed by atoms with Crippen molar-refractivity contribution in [3.8, 4) is 16.9 Å². The first-order valence-corrected chi connectivity index (χ1v) is 9.14. The summed E-state index contributed by atoms with van der Waals surface area (Å²) >= 11 is 0. The number of likely N-dealkylation sites (tertiary alicyclic amines) is 1. The smallest absolute Gasteiger partial charge is 0.323 e. The standard InChI is InChI=1S/C21H22N4O3/c1-21(27)10-11-25(13-21)20(26)24-17-12-22-18-15(14-6-4-3-5-7-14)8-9-16(28-2)19(18)23-17/h3-9,12,27H,10-11,13H2,1-2H3,(H,23,24,26). The Bertz CT molecular complexity index is 1020. The van der Waals surface area contributed by atoms with Gasteiger partial charge in [0.05, 0.1) is 25.5 Å². The number of rotatable bonds is 3. The van der Waals surface area contributed by atoms with Crippen molar-refractivity contribution < 1.29 is 14.6 Å². The Hall–Kier alpha value is -3.19. The van der Waals surface area contributed by atoms with Crippen LogP contribution < -0.4 is 10.1 Å². The molecule has 1 saturated heterocycles. The first kappa shape index (κ1) is 18.2. The molecule has 1 aromatic heterocycles. The SMILES string of the molecule is COc1ccc(-c2ccccc2)c2ncc(NC(=O)N3CCC(C)(O)C3)nc12. The molecule has 28 heavy (non-hydrogen) atoms. The van der Waals surface area contributed by atoms with Gasteiger partial charge in [-0.15, -0.1) is 0 Å². The number of hydrogen-bond donors (Lipinski definition) is 2. The Morgan fingerprint density at radius 2 is 2.00 bits per heavy atom. The van der Waals surface area contributed by atoms with Crippen molar-refractivity contribution >= 4 is 22.9 Å². The third kappa shape index (κ3) is 3.48. The van der Waals surface area contributed by atoms with Gasteiger partial charge in [-0.2, -0.15) is 0 Å². The number of aromatic nitrogens is 2. The highest BCUT2D eigenvalue weighted by Gasteiger charge is 2.34. The predicted octanol–water partition coefficient (Wildman–Crippen LogP) is 3.29. The normalized spacial score (nSPS) is 19.0. The highest BCUT2D eigenvalue weighted by Crippen LogP contribution is 2.32. The zero-order valence-corrected chi connectivity index (χ0v) is 15.8. The number of benzene rings is 2. The lowest BCUT2D eigenvalue weighted by atomic mass is 10.0. The van der Waals surface area contributed by atoms with E-state index in [1.807, 2.05) is 42.5 Å². The number of anilines is 1. The summed E-state index contributed by atoms with van der Waals surface area (Å²) < 4.78 is 5.45. The summed E-state index contributed by atoms with van der Waals surface area (Å²) in [6.45, 7) is 2.52. The van der Waals surface area contributed by atoms with Crippen LogP contribution in [0.2, 0.25) is 0 Å². The minimum Gasteiger partial charge on any atom is -0.494 e. The maximum atomic E-state index is 12.5. The second-order valence-electron chi connectivity index (χ2n) is 7.23. The van der Waals surface area contributed by atoms with Crippen molar-refractivity contribution in [1.82, 2.24) is 14.9 Å². The van der Waals surface area contributed by atoms with E-state index in [0.29, 0.717) is 42.1 Å². The number of nitrogens with one attached hydrogen (secondary N) is 1. The van der Waals surface area contributed by atoms with E-state index in [9.17, 15) is 9.90 Å². The molecule has 7 nitrogen and oxygen atoms in total. The van der Waals surface area contributed by atoms with E-state index in [1.165, 1.54) is 0 Å². The third-order valence-corrected chi connectivity index (χ3v) is 4.94. The molecule has 1 aliphatic heterocycles. The highest BCUT2D eigenvalue weighted by molar-refractivity contribution is 5.96. The second-order valence-corrected chi connectivity index (χ2v) is 7.23. The number of methoxy groups -OCH3 is 1. The van der Waals surface area contributed by atoms with E-state index < -0.39 is 5.60 Å². The number of urea groups is 1. The number of aliphatic hydroxyl groups is 1. The topological polar surface area (TPSA) is 87.6 Å². The molecular formula is C21H22N4O3. The molecule has 7 heteroatoms. The number of hydrogen-bond acceptors (Lipinski definition) is 5. The first-order chi connectivity index (χ1) is 13.5. The molecule has 0 aliphatic carbocycles. The van der Waals surface area contributed by atoms with Crippen LogP contribution in [-0.2, 0) is 0 Å². The zero-order valence-electron chi connectivity index (χ0n) is 15.8. The van der Waals surface area contributed by atoms with Gasteiger partial charge in [0, 0.05) is 12.1 Å². The largest absolute Gasteiger partial charge is 0.494 e. The van der Waals surface area contributed by atoms with Crippen LogP contribution >= 0.6 is 0 Å². The summed E-state index contributed by atoms with van der Waals surface area (Å²) in [5.74, 6) is 0.926. The van der Waals surface area contributed by atoms with E-state index in [0.717, 1.165) is 11.1 Å². The van der Waals surface area contributed by atoms with Gasteiger partial charge in [-0.05, 0) is 31.0 Å². The summed E-state index contributed by atoms with van der Waals surface area (Å²) in [7, 11) is 1.58. The van der Waals surface area contributed by atoms with Gasteiger partial charge in [-0.3, -0.25) is 5.32 Å². The van der Waals surface area contributed by atoms with E-state index in [2.05, 4.69) is 15.3 Å². The average Bonchev–Trinajstić information content (AvgIpc) is 3.07. The van der Waals surface area contributed by atoms with Crippen molar-refractivity contribution in [3.63, 3.8) is 0 Å². The number of β-amino-alcohol motifs (C(OH)–C–C–N with tert-alkyl or cyclic N) is 1. The summed E-state index contributed by atoms with van der Waals surface area (Å²) in [6, 6.07) is 13.4. The van der Waals surface area contributed by atoms with Crippen molar-refractivity contribution in [2.24, 2.45) is 0 Å². The van der Waals surface area contributed by atoms with E-state index in [1.54, 1.807) is 25.1 Å². The van der Waals surface area contributed by atoms with E-state index in [4.69, 9.17) is 4.74 Å². The molecule has 1 aliphatic rings. The minimum atomic E-state index is -0.847. The van der Waals surface area contributed by atoms with E-state index in [-0.39, 0.29) is 6.03 Å². The molecule has 2 amide bonds. The molecule has 3 aromatic rings. The lowest BCUT2D eigenvalue weighted by Crippen LogP contribution is -2.36. The monoisotopic (exact) mass is 378 g/mol. The number of nitrogens with zero attached hydrogens (tertiary/aromatic N) is 3. The van der Waals surface area contributed by atoms with Crippen LogP contribution in [0.15, 0.2) is 48.7 Å². The van der Waals surface area contributed by atoms with Crippen molar-refractivity contribution in [2.45, 2.75) is 18.9 Å². The molecule has 2 N–H and O–H groups in total. The molecule has 144 valence electrons. The van der Waals surface area contributed by atoms with Gasteiger partial charge in [0.1, 0.15) is 16.8 Å². The fourth-order valence-electron chi connectivity index (χ4n) is 3.46. The quantitative estimate of drug-likeness (QED) is 0.730. The van der Waals surface area contributed by atoms with Crippen molar-refractivity contribution in [2.75, 3.05) is 25.5 Å². The third-order valence-electron chi connectivity index (χ3n) is 4.94. The number of carbonyl (C=O) groups is 1. The lowest BCUT2D eigenvalue weighted by molar-refractivity contribution is 0.0727. The highest BCUT2D eigenvalue weighted by atomic mass is 16.5. The molecule has 2 heterocycles. The first-order valence-electron chi connectivity index (χ1n) is 9.14. The maximum Gasteiger partial charge on any atom is 0.323 e. The molecule has 0 radical (unpaired) electrons. The fraction of sp³-hybridized carbons (Fsp3) is 0.286. The van der Waals surface area contributed by atoms with Gasteiger partial charge in [-0.1, -0.05) is 30.3 Å². The zero-order chi connectivity index (χ0) is 19.7. The molecule has 0 bridgehead atoms. The van der Waals surface area contributed by atoms with Gasteiger partial charge < -0.3 is 14.7 Å².